The van der Waals surface area contributed by atoms with Gasteiger partial charge in [0.1, 0.15) is 5.82 Å². The largest absolute Gasteiger partial charge is 0.339 e. The molecule has 1 aromatic rings. The second-order valence-electron chi connectivity index (χ2n) is 6.05. The standard InChI is InChI=1S/C14H21F2N5O.ClH/c1-19-3-2-17-12(19)9-20-4-6-21(7-5-20)13(22)11-8-14(15,16)10-18-11;/h2-3,11,18H,4-10H2,1H3;1H. The first-order valence-electron chi connectivity index (χ1n) is 7.53. The molecule has 0 aromatic carbocycles. The summed E-state index contributed by atoms with van der Waals surface area (Å²) in [5.74, 6) is -1.98. The van der Waals surface area contributed by atoms with Gasteiger partial charge in [0.2, 0.25) is 5.91 Å². The molecule has 0 aliphatic carbocycles. The van der Waals surface area contributed by atoms with Crippen LogP contribution in [0.1, 0.15) is 12.2 Å². The molecule has 2 aliphatic rings. The summed E-state index contributed by atoms with van der Waals surface area (Å²) >= 11 is 0. The molecule has 23 heavy (non-hydrogen) atoms. The highest BCUT2D eigenvalue weighted by Gasteiger charge is 2.43. The van der Waals surface area contributed by atoms with Crippen molar-refractivity contribution in [3.05, 3.63) is 18.2 Å². The molecule has 0 bridgehead atoms. The maximum absolute atomic E-state index is 13.2. The predicted molar refractivity (Wildman–Crippen MR) is 83.7 cm³/mol. The smallest absolute Gasteiger partial charge is 0.262 e. The maximum atomic E-state index is 13.2. The highest BCUT2D eigenvalue weighted by atomic mass is 35.5. The number of nitrogens with zero attached hydrogens (tertiary/aromatic N) is 4. The summed E-state index contributed by atoms with van der Waals surface area (Å²) in [7, 11) is 1.95. The van der Waals surface area contributed by atoms with Crippen molar-refractivity contribution < 1.29 is 13.6 Å². The van der Waals surface area contributed by atoms with Crippen LogP contribution in [0.3, 0.4) is 0 Å². The zero-order valence-corrected chi connectivity index (χ0v) is 13.9. The van der Waals surface area contributed by atoms with Crippen molar-refractivity contribution in [3.8, 4) is 0 Å². The van der Waals surface area contributed by atoms with Crippen LogP contribution in [-0.2, 0) is 18.4 Å². The van der Waals surface area contributed by atoms with E-state index in [1.807, 2.05) is 17.8 Å². The number of nitrogens with one attached hydrogen (secondary N) is 1. The fraction of sp³-hybridized carbons (Fsp3) is 0.714. The minimum Gasteiger partial charge on any atom is -0.339 e. The first kappa shape index (κ1) is 18.1. The number of amides is 1. The van der Waals surface area contributed by atoms with Gasteiger partial charge in [-0.25, -0.2) is 13.8 Å². The molecule has 1 amide bonds. The van der Waals surface area contributed by atoms with Gasteiger partial charge in [-0.2, -0.15) is 0 Å². The van der Waals surface area contributed by atoms with E-state index in [0.29, 0.717) is 13.1 Å². The first-order chi connectivity index (χ1) is 10.4. The average molecular weight is 350 g/mol. The molecular weight excluding hydrogens is 328 g/mol. The molecule has 2 fully saturated rings. The van der Waals surface area contributed by atoms with Gasteiger partial charge >= 0.3 is 0 Å². The number of rotatable bonds is 3. The highest BCUT2D eigenvalue weighted by Crippen LogP contribution is 2.26. The maximum Gasteiger partial charge on any atom is 0.262 e. The van der Waals surface area contributed by atoms with E-state index >= 15 is 0 Å². The van der Waals surface area contributed by atoms with Crippen LogP contribution in [0.5, 0.6) is 0 Å². The van der Waals surface area contributed by atoms with E-state index in [1.165, 1.54) is 0 Å². The van der Waals surface area contributed by atoms with Crippen molar-refractivity contribution in [2.45, 2.75) is 24.9 Å². The van der Waals surface area contributed by atoms with Crippen LogP contribution in [0.25, 0.3) is 0 Å². The van der Waals surface area contributed by atoms with E-state index in [9.17, 15) is 13.6 Å². The summed E-state index contributed by atoms with van der Waals surface area (Å²) < 4.78 is 28.3. The Kier molecular flexibility index (Phi) is 5.59. The van der Waals surface area contributed by atoms with Crippen LogP contribution in [0.2, 0.25) is 0 Å². The Morgan fingerprint density at radius 2 is 2.09 bits per heavy atom. The Balaban J connectivity index is 0.00000192. The summed E-state index contributed by atoms with van der Waals surface area (Å²) in [6.45, 7) is 2.97. The molecule has 6 nitrogen and oxygen atoms in total. The van der Waals surface area contributed by atoms with Crippen LogP contribution < -0.4 is 5.32 Å². The van der Waals surface area contributed by atoms with Gasteiger partial charge in [-0.05, 0) is 0 Å². The minimum atomic E-state index is -2.76. The minimum absolute atomic E-state index is 0. The van der Waals surface area contributed by atoms with Crippen LogP contribution in [0, 0.1) is 0 Å². The summed E-state index contributed by atoms with van der Waals surface area (Å²) in [5, 5.41) is 2.63. The summed E-state index contributed by atoms with van der Waals surface area (Å²) in [4.78, 5) is 20.5. The Hall–Kier alpha value is -1.25. The van der Waals surface area contributed by atoms with Gasteiger partial charge in [-0.3, -0.25) is 15.0 Å². The normalized spacial score (nSPS) is 24.5. The lowest BCUT2D eigenvalue weighted by Crippen LogP contribution is -2.52. The molecule has 1 atom stereocenters. The SMILES string of the molecule is Cl.Cn1ccnc1CN1CCN(C(=O)C2CC(F)(F)CN2)CC1. The predicted octanol–water partition coefficient (Wildman–Crippen LogP) is 0.483. The lowest BCUT2D eigenvalue weighted by atomic mass is 10.1. The monoisotopic (exact) mass is 349 g/mol. The molecule has 1 N–H and O–H groups in total. The third kappa shape index (κ3) is 4.19. The van der Waals surface area contributed by atoms with Crippen LogP contribution in [0.15, 0.2) is 12.4 Å². The van der Waals surface area contributed by atoms with E-state index in [4.69, 9.17) is 0 Å². The summed E-state index contributed by atoms with van der Waals surface area (Å²) in [6, 6.07) is -0.740. The third-order valence-electron chi connectivity index (χ3n) is 4.38. The van der Waals surface area contributed by atoms with Gasteiger partial charge in [0, 0.05) is 52.0 Å². The zero-order valence-electron chi connectivity index (χ0n) is 13.0. The van der Waals surface area contributed by atoms with Gasteiger partial charge in [-0.15, -0.1) is 12.4 Å². The number of carbonyl (C=O) groups excluding carboxylic acids is 1. The molecule has 0 saturated carbocycles. The highest BCUT2D eigenvalue weighted by molar-refractivity contribution is 5.85. The quantitative estimate of drug-likeness (QED) is 0.862. The molecule has 130 valence electrons. The number of halogens is 3. The van der Waals surface area contributed by atoms with Crippen LogP contribution in [-0.4, -0.2) is 69.9 Å². The molecule has 1 unspecified atom stereocenters. The van der Waals surface area contributed by atoms with Crippen molar-refractivity contribution in [3.63, 3.8) is 0 Å². The van der Waals surface area contributed by atoms with E-state index < -0.39 is 18.5 Å². The molecular formula is C14H22ClF2N5O. The van der Waals surface area contributed by atoms with Gasteiger partial charge in [0.05, 0.1) is 19.1 Å². The third-order valence-corrected chi connectivity index (χ3v) is 4.38. The van der Waals surface area contributed by atoms with Gasteiger partial charge in [0.25, 0.3) is 5.92 Å². The number of piperazine rings is 1. The molecule has 2 aliphatic heterocycles. The van der Waals surface area contributed by atoms with E-state index in [2.05, 4.69) is 15.2 Å². The van der Waals surface area contributed by atoms with Crippen LogP contribution >= 0.6 is 12.4 Å². The number of aromatic nitrogens is 2. The average Bonchev–Trinajstić information content (AvgIpc) is 3.05. The molecule has 2 saturated heterocycles. The summed E-state index contributed by atoms with van der Waals surface area (Å²) in [5.41, 5.74) is 0. The first-order valence-corrected chi connectivity index (χ1v) is 7.53. The molecule has 3 rings (SSSR count). The van der Waals surface area contributed by atoms with Crippen molar-refractivity contribution in [2.24, 2.45) is 7.05 Å². The van der Waals surface area contributed by atoms with Crippen molar-refractivity contribution in [2.75, 3.05) is 32.7 Å². The Labute approximate surface area is 140 Å². The molecule has 0 spiro atoms. The Morgan fingerprint density at radius 1 is 1.39 bits per heavy atom. The van der Waals surface area contributed by atoms with Crippen molar-refractivity contribution >= 4 is 18.3 Å². The van der Waals surface area contributed by atoms with Crippen LogP contribution in [0.4, 0.5) is 8.78 Å². The van der Waals surface area contributed by atoms with Crippen molar-refractivity contribution in [1.82, 2.24) is 24.7 Å². The van der Waals surface area contributed by atoms with E-state index in [1.54, 1.807) is 11.1 Å². The zero-order chi connectivity index (χ0) is 15.7. The second-order valence-corrected chi connectivity index (χ2v) is 6.05. The number of alkyl halides is 2. The molecule has 9 heteroatoms. The second kappa shape index (κ2) is 7.11. The van der Waals surface area contributed by atoms with Gasteiger partial charge in [-0.1, -0.05) is 0 Å². The molecule has 0 radical (unpaired) electrons. The fourth-order valence-electron chi connectivity index (χ4n) is 2.99. The Bertz CT molecular complexity index is 545. The van der Waals surface area contributed by atoms with Crippen molar-refractivity contribution in [1.29, 1.82) is 0 Å². The van der Waals surface area contributed by atoms with Gasteiger partial charge in [0.15, 0.2) is 0 Å². The number of hydrogen-bond donors (Lipinski definition) is 1. The number of carbonyl (C=O) groups is 1. The van der Waals surface area contributed by atoms with E-state index in [-0.39, 0.29) is 24.7 Å². The fourth-order valence-corrected chi connectivity index (χ4v) is 2.99. The molecule has 1 aromatic heterocycles. The lowest BCUT2D eigenvalue weighted by Gasteiger charge is -2.35. The lowest BCUT2D eigenvalue weighted by molar-refractivity contribution is -0.135. The topological polar surface area (TPSA) is 53.4 Å². The number of aryl methyl sites for hydroxylation is 1. The number of imidazole rings is 1. The van der Waals surface area contributed by atoms with Gasteiger partial charge < -0.3 is 9.47 Å². The summed E-state index contributed by atoms with van der Waals surface area (Å²) in [6.07, 6.45) is 3.28. The van der Waals surface area contributed by atoms with E-state index in [0.717, 1.165) is 25.5 Å². The molecule has 3 heterocycles. The Morgan fingerprint density at radius 3 is 2.61 bits per heavy atom. The number of hydrogen-bond acceptors (Lipinski definition) is 4.